The summed E-state index contributed by atoms with van der Waals surface area (Å²) in [5.74, 6) is 0.246. The van der Waals surface area contributed by atoms with Gasteiger partial charge in [0, 0.05) is 0 Å². The van der Waals surface area contributed by atoms with Gasteiger partial charge in [0.2, 0.25) is 0 Å². The van der Waals surface area contributed by atoms with Crippen LogP contribution in [0.3, 0.4) is 0 Å². The van der Waals surface area contributed by atoms with Gasteiger partial charge >= 0.3 is 5.97 Å². The molecular weight excluding hydrogens is 416 g/mol. The molecule has 0 aromatic heterocycles. The lowest BCUT2D eigenvalue weighted by Crippen LogP contribution is -2.24. The summed E-state index contributed by atoms with van der Waals surface area (Å²) in [5, 5.41) is 5.75. The van der Waals surface area contributed by atoms with Crippen molar-refractivity contribution in [1.82, 2.24) is 5.43 Å². The number of amides is 1. The summed E-state index contributed by atoms with van der Waals surface area (Å²) in [6.45, 7) is 1.84. The molecule has 0 aliphatic heterocycles. The van der Waals surface area contributed by atoms with Crippen LogP contribution in [-0.2, 0) is 4.79 Å². The van der Waals surface area contributed by atoms with E-state index in [0.717, 1.165) is 21.9 Å². The molecule has 0 unspecified atom stereocenters. The Labute approximate surface area is 191 Å². The van der Waals surface area contributed by atoms with Crippen molar-refractivity contribution in [2.75, 3.05) is 6.61 Å². The second kappa shape index (κ2) is 10.2. The third kappa shape index (κ3) is 5.83. The molecule has 0 fully saturated rings. The molecule has 1 N–H and O–H groups in total. The molecule has 0 aliphatic carbocycles. The van der Waals surface area contributed by atoms with Crippen LogP contribution in [0.15, 0.2) is 96.1 Å². The van der Waals surface area contributed by atoms with E-state index in [4.69, 9.17) is 9.47 Å². The fourth-order valence-electron chi connectivity index (χ4n) is 3.18. The van der Waals surface area contributed by atoms with E-state index in [-0.39, 0.29) is 12.5 Å². The fraction of sp³-hybridized carbons (Fsp3) is 0.0741. The molecule has 0 aliphatic rings. The Hall–Kier alpha value is -4.45. The van der Waals surface area contributed by atoms with Crippen LogP contribution in [0.2, 0.25) is 0 Å². The summed E-state index contributed by atoms with van der Waals surface area (Å²) in [7, 11) is 0. The first-order valence-electron chi connectivity index (χ1n) is 10.4. The average molecular weight is 438 g/mol. The lowest BCUT2D eigenvalue weighted by atomic mass is 10.0. The minimum absolute atomic E-state index is 0.135. The van der Waals surface area contributed by atoms with Crippen molar-refractivity contribution in [3.05, 3.63) is 108 Å². The number of aryl methyl sites for hydroxylation is 1. The smallest absolute Gasteiger partial charge is 0.344 e. The van der Waals surface area contributed by atoms with Gasteiger partial charge < -0.3 is 9.47 Å². The van der Waals surface area contributed by atoms with Crippen LogP contribution >= 0.6 is 0 Å². The van der Waals surface area contributed by atoms with Crippen LogP contribution < -0.4 is 14.9 Å². The zero-order valence-electron chi connectivity index (χ0n) is 18.0. The van der Waals surface area contributed by atoms with Crippen molar-refractivity contribution in [3.8, 4) is 11.5 Å². The van der Waals surface area contributed by atoms with E-state index in [0.29, 0.717) is 17.1 Å². The first-order chi connectivity index (χ1) is 16.1. The number of fused-ring (bicyclic) bond motifs is 1. The number of rotatable bonds is 7. The van der Waals surface area contributed by atoms with Crippen LogP contribution in [0, 0.1) is 6.92 Å². The largest absolute Gasteiger partial charge is 0.484 e. The Kier molecular flexibility index (Phi) is 6.75. The molecule has 4 aromatic rings. The second-order valence-corrected chi connectivity index (χ2v) is 7.38. The summed E-state index contributed by atoms with van der Waals surface area (Å²) in [6, 6.07) is 27.5. The zero-order chi connectivity index (χ0) is 23.0. The highest BCUT2D eigenvalue weighted by atomic mass is 16.5. The number of hydrazone groups is 1. The van der Waals surface area contributed by atoms with Crippen LogP contribution in [-0.4, -0.2) is 24.7 Å². The number of hydrogen-bond acceptors (Lipinski definition) is 5. The topological polar surface area (TPSA) is 77.0 Å². The van der Waals surface area contributed by atoms with Gasteiger partial charge in [-0.1, -0.05) is 54.1 Å². The highest BCUT2D eigenvalue weighted by Gasteiger charge is 2.12. The summed E-state index contributed by atoms with van der Waals surface area (Å²) in [6.07, 6.45) is 1.50. The van der Waals surface area contributed by atoms with E-state index in [1.165, 1.54) is 6.21 Å². The van der Waals surface area contributed by atoms with Gasteiger partial charge in [-0.2, -0.15) is 5.10 Å². The monoisotopic (exact) mass is 438 g/mol. The van der Waals surface area contributed by atoms with Crippen LogP contribution in [0.5, 0.6) is 11.5 Å². The van der Waals surface area contributed by atoms with Crippen LogP contribution in [0.25, 0.3) is 10.8 Å². The Morgan fingerprint density at radius 2 is 1.55 bits per heavy atom. The number of nitrogens with one attached hydrogen (secondary N) is 1. The number of ether oxygens (including phenoxy) is 2. The van der Waals surface area contributed by atoms with E-state index in [2.05, 4.69) is 10.5 Å². The quantitative estimate of drug-likeness (QED) is 0.193. The first kappa shape index (κ1) is 21.8. The fourth-order valence-corrected chi connectivity index (χ4v) is 3.18. The summed E-state index contributed by atoms with van der Waals surface area (Å²) in [4.78, 5) is 24.5. The SMILES string of the molecule is Cc1ccc(OCC(=O)N/N=C/c2ccc(OC(=O)c3cccc4ccccc34)cc2)cc1. The minimum Gasteiger partial charge on any atom is -0.484 e. The molecule has 6 heteroatoms. The number of benzene rings is 4. The zero-order valence-corrected chi connectivity index (χ0v) is 18.0. The molecule has 0 bridgehead atoms. The molecule has 0 saturated heterocycles. The average Bonchev–Trinajstić information content (AvgIpc) is 2.84. The molecule has 6 nitrogen and oxygen atoms in total. The number of esters is 1. The third-order valence-electron chi connectivity index (χ3n) is 4.89. The van der Waals surface area contributed by atoms with E-state index < -0.39 is 5.97 Å². The van der Waals surface area contributed by atoms with Gasteiger partial charge in [0.15, 0.2) is 6.61 Å². The molecule has 1 amide bonds. The highest BCUT2D eigenvalue weighted by Crippen LogP contribution is 2.21. The van der Waals surface area contributed by atoms with Crippen molar-refractivity contribution in [2.45, 2.75) is 6.92 Å². The number of carbonyl (C=O) groups excluding carboxylic acids is 2. The molecule has 164 valence electrons. The van der Waals surface area contributed by atoms with Crippen molar-refractivity contribution in [1.29, 1.82) is 0 Å². The van der Waals surface area contributed by atoms with Crippen molar-refractivity contribution in [2.24, 2.45) is 5.10 Å². The van der Waals surface area contributed by atoms with E-state index in [9.17, 15) is 9.59 Å². The molecule has 0 saturated carbocycles. The van der Waals surface area contributed by atoms with E-state index >= 15 is 0 Å². The molecule has 33 heavy (non-hydrogen) atoms. The lowest BCUT2D eigenvalue weighted by molar-refractivity contribution is -0.123. The minimum atomic E-state index is -0.422. The maximum atomic E-state index is 12.6. The van der Waals surface area contributed by atoms with Gasteiger partial charge in [-0.25, -0.2) is 10.2 Å². The molecule has 4 rings (SSSR count). The molecule has 4 aromatic carbocycles. The Bertz CT molecular complexity index is 1290. The predicted molar refractivity (Wildman–Crippen MR) is 128 cm³/mol. The maximum absolute atomic E-state index is 12.6. The van der Waals surface area contributed by atoms with Gasteiger partial charge in [0.1, 0.15) is 11.5 Å². The number of nitrogens with zero attached hydrogens (tertiary/aromatic N) is 1. The van der Waals surface area contributed by atoms with Gasteiger partial charge in [-0.3, -0.25) is 4.79 Å². The predicted octanol–water partition coefficient (Wildman–Crippen LogP) is 4.90. The standard InChI is InChI=1S/C27H22N2O4/c1-19-9-13-22(14-10-19)32-18-26(30)29-28-17-20-11-15-23(16-12-20)33-27(31)25-8-4-6-21-5-2-3-7-24(21)25/h2-17H,18H2,1H3,(H,29,30)/b28-17+. The molecular formula is C27H22N2O4. The molecule has 0 atom stereocenters. The van der Waals surface area contributed by atoms with Crippen LogP contribution in [0.1, 0.15) is 21.5 Å². The van der Waals surface area contributed by atoms with E-state index in [1.54, 1.807) is 42.5 Å². The van der Waals surface area contributed by atoms with Crippen LogP contribution in [0.4, 0.5) is 0 Å². The second-order valence-electron chi connectivity index (χ2n) is 7.38. The first-order valence-corrected chi connectivity index (χ1v) is 10.4. The van der Waals surface area contributed by atoms with E-state index in [1.807, 2.05) is 55.5 Å². The Morgan fingerprint density at radius 1 is 0.848 bits per heavy atom. The normalized spacial score (nSPS) is 10.8. The Balaban J connectivity index is 1.29. The highest BCUT2D eigenvalue weighted by molar-refractivity contribution is 6.05. The molecule has 0 heterocycles. The van der Waals surface area contributed by atoms with Crippen molar-refractivity contribution < 1.29 is 19.1 Å². The van der Waals surface area contributed by atoms with Gasteiger partial charge in [0.25, 0.3) is 5.91 Å². The number of hydrogen-bond donors (Lipinski definition) is 1. The van der Waals surface area contributed by atoms with Gasteiger partial charge in [-0.05, 0) is 65.7 Å². The summed E-state index contributed by atoms with van der Waals surface area (Å²) < 4.78 is 10.9. The maximum Gasteiger partial charge on any atom is 0.344 e. The van der Waals surface area contributed by atoms with Gasteiger partial charge in [0.05, 0.1) is 11.8 Å². The van der Waals surface area contributed by atoms with Crippen molar-refractivity contribution in [3.63, 3.8) is 0 Å². The Morgan fingerprint density at radius 3 is 2.33 bits per heavy atom. The van der Waals surface area contributed by atoms with Crippen molar-refractivity contribution >= 4 is 28.9 Å². The summed E-state index contributed by atoms with van der Waals surface area (Å²) >= 11 is 0. The molecule has 0 spiro atoms. The van der Waals surface area contributed by atoms with Gasteiger partial charge in [-0.15, -0.1) is 0 Å². The summed E-state index contributed by atoms with van der Waals surface area (Å²) in [5.41, 5.74) is 4.78. The molecule has 0 radical (unpaired) electrons. The lowest BCUT2D eigenvalue weighted by Gasteiger charge is -2.07. The third-order valence-corrected chi connectivity index (χ3v) is 4.89. The number of carbonyl (C=O) groups is 2.